The second kappa shape index (κ2) is 5.33. The third-order valence-electron chi connectivity index (χ3n) is 2.07. The van der Waals surface area contributed by atoms with Crippen LogP contribution in [0.1, 0.15) is 5.56 Å². The number of para-hydroxylation sites is 1. The van der Waals surface area contributed by atoms with Crippen LogP contribution in [-0.2, 0) is 14.7 Å². The van der Waals surface area contributed by atoms with Crippen molar-refractivity contribution in [2.75, 3.05) is 13.7 Å². The molecule has 0 fully saturated rings. The molecule has 17 heavy (non-hydrogen) atoms. The average Bonchev–Trinajstić information content (AvgIpc) is 2.38. The van der Waals surface area contributed by atoms with Crippen molar-refractivity contribution in [1.82, 2.24) is 5.06 Å². The number of aromatic hydroxyl groups is 1. The number of benzene rings is 1. The lowest BCUT2D eigenvalue weighted by Crippen LogP contribution is -2.30. The number of hydrogen-bond donors (Lipinski definition) is 1. The van der Waals surface area contributed by atoms with E-state index in [2.05, 4.69) is 5.16 Å². The molecule has 1 aromatic rings. The Morgan fingerprint density at radius 1 is 1.47 bits per heavy atom. The molecular formula is C11H12N2O4. The van der Waals surface area contributed by atoms with Crippen LogP contribution < -0.4 is 0 Å². The van der Waals surface area contributed by atoms with Crippen LogP contribution in [0.15, 0.2) is 41.7 Å². The lowest BCUT2D eigenvalue weighted by molar-refractivity contribution is -0.388. The number of phenolic OH excluding ortho intramolecular Hbond substituents is 1. The molecule has 0 atom stereocenters. The Bertz CT molecular complexity index is 445. The maximum absolute atomic E-state index is 9.75. The van der Waals surface area contributed by atoms with Crippen molar-refractivity contribution in [2.24, 2.45) is 5.16 Å². The van der Waals surface area contributed by atoms with E-state index in [4.69, 9.17) is 14.7 Å². The van der Waals surface area contributed by atoms with Crippen LogP contribution in [0.2, 0.25) is 0 Å². The van der Waals surface area contributed by atoms with Gasteiger partial charge in [0.15, 0.2) is 0 Å². The van der Waals surface area contributed by atoms with Gasteiger partial charge in [-0.05, 0) is 18.2 Å². The molecule has 0 aromatic heterocycles. The molecule has 90 valence electrons. The molecule has 1 heterocycles. The lowest BCUT2D eigenvalue weighted by atomic mass is 10.2. The van der Waals surface area contributed by atoms with Crippen LogP contribution in [0.25, 0.3) is 0 Å². The second-order valence-electron chi connectivity index (χ2n) is 3.18. The van der Waals surface area contributed by atoms with Crippen molar-refractivity contribution in [3.63, 3.8) is 0 Å². The molecule has 1 aliphatic rings. The van der Waals surface area contributed by atoms with E-state index >= 15 is 0 Å². The normalized spacial score (nSPS) is 16.1. The zero-order valence-electron chi connectivity index (χ0n) is 9.24. The minimum atomic E-state index is 0.0749. The fourth-order valence-electron chi connectivity index (χ4n) is 1.35. The maximum Gasteiger partial charge on any atom is 0.210 e. The molecule has 1 aliphatic heterocycles. The van der Waals surface area contributed by atoms with E-state index in [1.807, 2.05) is 0 Å². The summed E-state index contributed by atoms with van der Waals surface area (Å²) in [5.74, 6) is 0.368. The lowest BCUT2D eigenvalue weighted by Gasteiger charge is -2.21. The molecule has 0 spiro atoms. The van der Waals surface area contributed by atoms with Gasteiger partial charge in [-0.25, -0.2) is 4.89 Å². The summed E-state index contributed by atoms with van der Waals surface area (Å²) < 4.78 is 0. The predicted molar refractivity (Wildman–Crippen MR) is 59.7 cm³/mol. The van der Waals surface area contributed by atoms with Crippen LogP contribution in [0.5, 0.6) is 5.75 Å². The van der Waals surface area contributed by atoms with E-state index in [0.29, 0.717) is 18.0 Å². The minimum absolute atomic E-state index is 0.0749. The highest BCUT2D eigenvalue weighted by Crippen LogP contribution is 2.20. The molecule has 1 aromatic carbocycles. The number of rotatable bonds is 2. The summed E-state index contributed by atoms with van der Waals surface area (Å²) in [7, 11) is 1.41. The van der Waals surface area contributed by atoms with Crippen molar-refractivity contribution in [2.45, 2.75) is 0 Å². The molecule has 1 N–H and O–H groups in total. The summed E-state index contributed by atoms with van der Waals surface area (Å²) in [4.78, 5) is 14.5. The maximum atomic E-state index is 9.75. The van der Waals surface area contributed by atoms with Crippen molar-refractivity contribution >= 4 is 5.84 Å². The topological polar surface area (TPSA) is 63.5 Å². The zero-order chi connectivity index (χ0) is 12.1. The highest BCUT2D eigenvalue weighted by atomic mass is 17.3. The number of hydroxylamine groups is 2. The molecule has 0 bridgehead atoms. The van der Waals surface area contributed by atoms with Crippen LogP contribution >= 0.6 is 0 Å². The molecule has 0 amide bonds. The van der Waals surface area contributed by atoms with Crippen LogP contribution in [0, 0.1) is 0 Å². The van der Waals surface area contributed by atoms with Crippen molar-refractivity contribution in [3.8, 4) is 5.75 Å². The van der Waals surface area contributed by atoms with Gasteiger partial charge in [0.25, 0.3) is 0 Å². The minimum Gasteiger partial charge on any atom is -0.507 e. The highest BCUT2D eigenvalue weighted by Gasteiger charge is 2.19. The Labute approximate surface area is 98.2 Å². The van der Waals surface area contributed by atoms with Crippen LogP contribution in [-0.4, -0.2) is 29.7 Å². The Kier molecular flexibility index (Phi) is 3.59. The fourth-order valence-corrected chi connectivity index (χ4v) is 1.35. The van der Waals surface area contributed by atoms with Crippen molar-refractivity contribution in [1.29, 1.82) is 0 Å². The largest absolute Gasteiger partial charge is 0.507 e. The molecule has 0 saturated heterocycles. The predicted octanol–water partition coefficient (Wildman–Crippen LogP) is 1.39. The standard InChI is InChI=1S/C11H12N2O4/c1-15-12-11(13-7-4-8-16-17-13)9-5-2-3-6-10(9)14/h2-7,14H,8H2,1H3. The van der Waals surface area contributed by atoms with E-state index in [1.54, 1.807) is 36.5 Å². The summed E-state index contributed by atoms with van der Waals surface area (Å²) in [5, 5.41) is 14.8. The Morgan fingerprint density at radius 2 is 2.29 bits per heavy atom. The summed E-state index contributed by atoms with van der Waals surface area (Å²) in [6.45, 7) is 0.359. The fraction of sp³-hybridized carbons (Fsp3) is 0.182. The van der Waals surface area contributed by atoms with Gasteiger partial charge in [-0.15, -0.1) is 4.99 Å². The number of hydrogen-bond acceptors (Lipinski definition) is 5. The Morgan fingerprint density at radius 3 is 2.94 bits per heavy atom. The van der Waals surface area contributed by atoms with Gasteiger partial charge >= 0.3 is 0 Å². The van der Waals surface area contributed by atoms with Crippen molar-refractivity contribution in [3.05, 3.63) is 42.1 Å². The van der Waals surface area contributed by atoms with Crippen LogP contribution in [0.3, 0.4) is 0 Å². The van der Waals surface area contributed by atoms with Crippen molar-refractivity contribution < 1.29 is 19.8 Å². The molecule has 6 nitrogen and oxygen atoms in total. The van der Waals surface area contributed by atoms with E-state index in [9.17, 15) is 5.11 Å². The first-order valence-electron chi connectivity index (χ1n) is 4.98. The molecule has 0 radical (unpaired) electrons. The Balaban J connectivity index is 2.36. The van der Waals surface area contributed by atoms with Gasteiger partial charge in [0.2, 0.25) is 5.84 Å². The zero-order valence-corrected chi connectivity index (χ0v) is 9.24. The average molecular weight is 236 g/mol. The SMILES string of the molecule is CON=C(c1ccccc1O)N1C=CCOO1. The quantitative estimate of drug-likeness (QED) is 0.364. The third kappa shape index (κ3) is 2.55. The number of amidine groups is 1. The van der Waals surface area contributed by atoms with E-state index < -0.39 is 0 Å². The Hall–Kier alpha value is -2.05. The molecular weight excluding hydrogens is 224 g/mol. The number of phenols is 1. The summed E-state index contributed by atoms with van der Waals surface area (Å²) in [6, 6.07) is 6.73. The van der Waals surface area contributed by atoms with Gasteiger partial charge in [0, 0.05) is 6.20 Å². The summed E-state index contributed by atoms with van der Waals surface area (Å²) in [5.41, 5.74) is 0.476. The number of oxime groups is 1. The summed E-state index contributed by atoms with van der Waals surface area (Å²) in [6.07, 6.45) is 3.38. The van der Waals surface area contributed by atoms with E-state index in [-0.39, 0.29) is 5.75 Å². The molecule has 6 heteroatoms. The van der Waals surface area contributed by atoms with Crippen LogP contribution in [0.4, 0.5) is 0 Å². The van der Waals surface area contributed by atoms with Gasteiger partial charge in [0.05, 0.1) is 5.56 Å². The third-order valence-corrected chi connectivity index (χ3v) is 2.07. The monoisotopic (exact) mass is 236 g/mol. The van der Waals surface area contributed by atoms with E-state index in [1.165, 1.54) is 12.2 Å². The first-order chi connectivity index (χ1) is 8.33. The summed E-state index contributed by atoms with van der Waals surface area (Å²) >= 11 is 0. The first kappa shape index (κ1) is 11.4. The van der Waals surface area contributed by atoms with Gasteiger partial charge < -0.3 is 9.94 Å². The molecule has 0 unspecified atom stereocenters. The molecule has 2 rings (SSSR count). The highest BCUT2D eigenvalue weighted by molar-refractivity contribution is 6.00. The first-order valence-corrected chi connectivity index (χ1v) is 4.98. The molecule has 0 aliphatic carbocycles. The van der Waals surface area contributed by atoms with Gasteiger partial charge in [0.1, 0.15) is 19.5 Å². The number of nitrogens with zero attached hydrogens (tertiary/aromatic N) is 2. The molecule has 0 saturated carbocycles. The van der Waals surface area contributed by atoms with Gasteiger partial charge in [-0.1, -0.05) is 17.3 Å². The smallest absolute Gasteiger partial charge is 0.210 e. The second-order valence-corrected chi connectivity index (χ2v) is 3.18. The van der Waals surface area contributed by atoms with Gasteiger partial charge in [-0.3, -0.25) is 0 Å². The van der Waals surface area contributed by atoms with E-state index in [0.717, 1.165) is 0 Å². The van der Waals surface area contributed by atoms with Gasteiger partial charge in [-0.2, -0.15) is 5.06 Å².